The van der Waals surface area contributed by atoms with Crippen LogP contribution < -0.4 is 5.32 Å². The number of rotatable bonds is 4. The van der Waals surface area contributed by atoms with Crippen LogP contribution in [0.5, 0.6) is 0 Å². The topological polar surface area (TPSA) is 83.6 Å². The van der Waals surface area contributed by atoms with Gasteiger partial charge in [-0.1, -0.05) is 35.5 Å². The molecule has 3 aromatic rings. The number of hydrogen-bond acceptors (Lipinski definition) is 5. The van der Waals surface area contributed by atoms with Gasteiger partial charge in [0.25, 0.3) is 5.91 Å². The van der Waals surface area contributed by atoms with Crippen molar-refractivity contribution >= 4 is 35.0 Å². The van der Waals surface area contributed by atoms with Crippen LogP contribution in [0.4, 0.5) is 5.69 Å². The van der Waals surface area contributed by atoms with Crippen LogP contribution >= 0.6 is 23.4 Å². The number of aromatic amines is 1. The summed E-state index contributed by atoms with van der Waals surface area (Å²) < 4.78 is 0. The van der Waals surface area contributed by atoms with Crippen molar-refractivity contribution in [3.63, 3.8) is 0 Å². The average molecular weight is 346 g/mol. The Balaban J connectivity index is 1.85. The summed E-state index contributed by atoms with van der Waals surface area (Å²) in [5.74, 6) is -0.380. The Labute approximate surface area is 141 Å². The molecule has 1 aromatic carbocycles. The quantitative estimate of drug-likeness (QED) is 0.558. The second kappa shape index (κ2) is 6.80. The molecule has 6 nitrogen and oxygen atoms in total. The molecule has 0 spiro atoms. The van der Waals surface area contributed by atoms with Crippen LogP contribution in [0, 0.1) is 0 Å². The number of carbonyl (C=O) groups excluding carboxylic acids is 1. The van der Waals surface area contributed by atoms with Crippen molar-refractivity contribution in [2.24, 2.45) is 0 Å². The first-order chi connectivity index (χ1) is 11.2. The van der Waals surface area contributed by atoms with E-state index >= 15 is 0 Å². The molecule has 2 heterocycles. The lowest BCUT2D eigenvalue weighted by Crippen LogP contribution is -2.15. The van der Waals surface area contributed by atoms with Crippen LogP contribution in [-0.2, 0) is 0 Å². The van der Waals surface area contributed by atoms with Gasteiger partial charge in [0.15, 0.2) is 10.9 Å². The summed E-state index contributed by atoms with van der Waals surface area (Å²) in [7, 11) is 0. The van der Waals surface area contributed by atoms with Gasteiger partial charge in [-0.2, -0.15) is 5.10 Å². The summed E-state index contributed by atoms with van der Waals surface area (Å²) in [4.78, 5) is 20.6. The van der Waals surface area contributed by atoms with Crippen molar-refractivity contribution in [1.29, 1.82) is 0 Å². The van der Waals surface area contributed by atoms with Crippen LogP contribution in [0.25, 0.3) is 11.3 Å². The predicted molar refractivity (Wildman–Crippen MR) is 90.8 cm³/mol. The molecule has 8 heteroatoms. The highest BCUT2D eigenvalue weighted by atomic mass is 35.5. The molecule has 2 aromatic heterocycles. The minimum Gasteiger partial charge on any atom is -0.321 e. The fraction of sp³-hybridized carbons (Fsp3) is 0.0667. The van der Waals surface area contributed by atoms with Crippen LogP contribution in [0.2, 0.25) is 5.02 Å². The van der Waals surface area contributed by atoms with E-state index in [1.165, 1.54) is 18.0 Å². The zero-order chi connectivity index (χ0) is 16.2. The second-order valence-corrected chi connectivity index (χ2v) is 5.74. The van der Waals surface area contributed by atoms with Gasteiger partial charge in [-0.15, -0.1) is 0 Å². The Bertz CT molecular complexity index is 838. The van der Waals surface area contributed by atoms with E-state index < -0.39 is 0 Å². The number of carbonyl (C=O) groups is 1. The van der Waals surface area contributed by atoms with Gasteiger partial charge in [0.2, 0.25) is 0 Å². The van der Waals surface area contributed by atoms with E-state index in [2.05, 4.69) is 25.5 Å². The lowest BCUT2D eigenvalue weighted by atomic mass is 10.1. The van der Waals surface area contributed by atoms with Gasteiger partial charge < -0.3 is 5.32 Å². The zero-order valence-corrected chi connectivity index (χ0v) is 13.6. The number of H-pyrrole nitrogens is 1. The smallest absolute Gasteiger partial charge is 0.275 e. The standard InChI is InChI=1S/C15H12ClN5OS/c1-23-15-17-8-11(16)13(20-15)14(22)19-10-4-2-3-9(7-10)12-5-6-18-21-12/h2-8H,1H3,(H,18,21)(H,19,22). The Morgan fingerprint density at radius 1 is 1.35 bits per heavy atom. The molecule has 0 saturated carbocycles. The first kappa shape index (κ1) is 15.5. The number of hydrogen-bond donors (Lipinski definition) is 2. The fourth-order valence-electron chi connectivity index (χ4n) is 1.98. The second-order valence-electron chi connectivity index (χ2n) is 4.56. The molecule has 0 aliphatic heterocycles. The summed E-state index contributed by atoms with van der Waals surface area (Å²) >= 11 is 7.36. The molecule has 0 bridgehead atoms. The van der Waals surface area contributed by atoms with E-state index in [1.807, 2.05) is 30.5 Å². The molecule has 0 radical (unpaired) electrons. The van der Waals surface area contributed by atoms with Gasteiger partial charge in [-0.25, -0.2) is 9.97 Å². The number of nitrogens with one attached hydrogen (secondary N) is 2. The Hall–Kier alpha value is -2.38. The number of amides is 1. The predicted octanol–water partition coefficient (Wildman–Crippen LogP) is 3.49. The maximum Gasteiger partial charge on any atom is 0.275 e. The van der Waals surface area contributed by atoms with Crippen molar-refractivity contribution in [1.82, 2.24) is 20.2 Å². The SMILES string of the molecule is CSc1ncc(Cl)c(C(=O)Nc2cccc(-c3ccn[nH]3)c2)n1. The summed E-state index contributed by atoms with van der Waals surface area (Å²) in [6.07, 6.45) is 4.93. The Morgan fingerprint density at radius 3 is 2.96 bits per heavy atom. The molecule has 2 N–H and O–H groups in total. The van der Waals surface area contributed by atoms with E-state index in [9.17, 15) is 4.79 Å². The monoisotopic (exact) mass is 345 g/mol. The first-order valence-electron chi connectivity index (χ1n) is 6.65. The number of halogens is 1. The highest BCUT2D eigenvalue weighted by Crippen LogP contribution is 2.22. The number of nitrogens with zero attached hydrogens (tertiary/aromatic N) is 3. The van der Waals surface area contributed by atoms with Gasteiger partial charge in [0, 0.05) is 17.4 Å². The highest BCUT2D eigenvalue weighted by molar-refractivity contribution is 7.98. The van der Waals surface area contributed by atoms with E-state index in [0.29, 0.717) is 10.8 Å². The van der Waals surface area contributed by atoms with Gasteiger partial charge in [-0.05, 0) is 24.5 Å². The third-order valence-electron chi connectivity index (χ3n) is 3.05. The van der Waals surface area contributed by atoms with Crippen molar-refractivity contribution in [2.75, 3.05) is 11.6 Å². The van der Waals surface area contributed by atoms with Crippen molar-refractivity contribution in [3.8, 4) is 11.3 Å². The number of thioether (sulfide) groups is 1. The molecule has 116 valence electrons. The molecular weight excluding hydrogens is 334 g/mol. The minimum atomic E-state index is -0.380. The van der Waals surface area contributed by atoms with Crippen LogP contribution in [0.15, 0.2) is 47.9 Å². The van der Waals surface area contributed by atoms with Crippen molar-refractivity contribution in [3.05, 3.63) is 53.4 Å². The molecule has 0 saturated heterocycles. The molecule has 0 aliphatic rings. The molecule has 0 fully saturated rings. The van der Waals surface area contributed by atoms with Gasteiger partial charge in [-0.3, -0.25) is 9.89 Å². The first-order valence-corrected chi connectivity index (χ1v) is 8.25. The van der Waals surface area contributed by atoms with Gasteiger partial charge in [0.1, 0.15) is 0 Å². The van der Waals surface area contributed by atoms with Gasteiger partial charge >= 0.3 is 0 Å². The van der Waals surface area contributed by atoms with E-state index in [4.69, 9.17) is 11.6 Å². The largest absolute Gasteiger partial charge is 0.321 e. The minimum absolute atomic E-state index is 0.151. The molecule has 1 amide bonds. The lowest BCUT2D eigenvalue weighted by Gasteiger charge is -2.08. The summed E-state index contributed by atoms with van der Waals surface area (Å²) in [6.45, 7) is 0. The molecular formula is C15H12ClN5OS. The van der Waals surface area contributed by atoms with E-state index in [1.54, 1.807) is 12.3 Å². The molecule has 0 aliphatic carbocycles. The third kappa shape index (κ3) is 3.52. The highest BCUT2D eigenvalue weighted by Gasteiger charge is 2.14. The lowest BCUT2D eigenvalue weighted by molar-refractivity contribution is 0.102. The van der Waals surface area contributed by atoms with Crippen LogP contribution in [0.3, 0.4) is 0 Å². The van der Waals surface area contributed by atoms with Crippen molar-refractivity contribution in [2.45, 2.75) is 5.16 Å². The molecule has 0 unspecified atom stereocenters. The number of aromatic nitrogens is 4. The van der Waals surface area contributed by atoms with Crippen LogP contribution in [0.1, 0.15) is 10.5 Å². The number of anilines is 1. The average Bonchev–Trinajstić information content (AvgIpc) is 3.10. The van der Waals surface area contributed by atoms with E-state index in [0.717, 1.165) is 11.3 Å². The van der Waals surface area contributed by atoms with E-state index in [-0.39, 0.29) is 16.6 Å². The third-order valence-corrected chi connectivity index (χ3v) is 3.89. The Kier molecular flexibility index (Phi) is 4.59. The van der Waals surface area contributed by atoms with Crippen molar-refractivity contribution < 1.29 is 4.79 Å². The summed E-state index contributed by atoms with van der Waals surface area (Å²) in [5, 5.41) is 10.3. The summed E-state index contributed by atoms with van der Waals surface area (Å²) in [6, 6.07) is 9.26. The Morgan fingerprint density at radius 2 is 2.22 bits per heavy atom. The number of benzene rings is 1. The van der Waals surface area contributed by atoms with Crippen LogP contribution in [-0.4, -0.2) is 32.3 Å². The maximum absolute atomic E-state index is 12.4. The normalized spacial score (nSPS) is 10.5. The molecule has 0 atom stereocenters. The fourth-order valence-corrected chi connectivity index (χ4v) is 2.50. The summed E-state index contributed by atoms with van der Waals surface area (Å²) in [5.41, 5.74) is 2.57. The maximum atomic E-state index is 12.4. The zero-order valence-electron chi connectivity index (χ0n) is 12.1. The van der Waals surface area contributed by atoms with Gasteiger partial charge in [0.05, 0.1) is 16.9 Å². The molecule has 23 heavy (non-hydrogen) atoms. The molecule has 3 rings (SSSR count).